The number of benzene rings is 1. The van der Waals surface area contributed by atoms with E-state index >= 15 is 0 Å². The quantitative estimate of drug-likeness (QED) is 0.760. The summed E-state index contributed by atoms with van der Waals surface area (Å²) >= 11 is 3.38. The molecule has 112 valence electrons. The van der Waals surface area contributed by atoms with Crippen molar-refractivity contribution in [2.75, 3.05) is 13.7 Å². The van der Waals surface area contributed by atoms with Gasteiger partial charge >= 0.3 is 0 Å². The van der Waals surface area contributed by atoms with Crippen molar-refractivity contribution in [1.82, 2.24) is 5.32 Å². The highest BCUT2D eigenvalue weighted by molar-refractivity contribution is 9.10. The largest absolute Gasteiger partial charge is 0.496 e. The molecule has 1 atom stereocenters. The molecule has 0 saturated carbocycles. The number of nitrogens with one attached hydrogen (secondary N) is 1. The van der Waals surface area contributed by atoms with Gasteiger partial charge in [-0.3, -0.25) is 4.79 Å². The number of rotatable bonds is 8. The lowest BCUT2D eigenvalue weighted by Gasteiger charge is -2.16. The first-order valence-electron chi connectivity index (χ1n) is 7.24. The number of unbranched alkanes of at least 4 members (excludes halogenated alkanes) is 1. The van der Waals surface area contributed by atoms with E-state index in [4.69, 9.17) is 4.74 Å². The fourth-order valence-electron chi connectivity index (χ4n) is 2.13. The lowest BCUT2D eigenvalue weighted by Crippen LogP contribution is -2.29. The molecule has 1 aromatic carbocycles. The molecule has 4 heteroatoms. The predicted octanol–water partition coefficient (Wildman–Crippen LogP) is 4.40. The number of ether oxygens (including phenoxy) is 1. The van der Waals surface area contributed by atoms with Gasteiger partial charge in [-0.05, 0) is 30.5 Å². The van der Waals surface area contributed by atoms with Crippen molar-refractivity contribution in [1.29, 1.82) is 0 Å². The number of methoxy groups -OCH3 is 1. The van der Waals surface area contributed by atoms with Gasteiger partial charge in [0.2, 0.25) is 0 Å². The van der Waals surface area contributed by atoms with E-state index in [-0.39, 0.29) is 5.91 Å². The van der Waals surface area contributed by atoms with Crippen molar-refractivity contribution in [2.45, 2.75) is 39.5 Å². The van der Waals surface area contributed by atoms with E-state index in [9.17, 15) is 4.79 Å². The Balaban J connectivity index is 2.62. The maximum absolute atomic E-state index is 12.2. The van der Waals surface area contributed by atoms with Gasteiger partial charge in [-0.2, -0.15) is 0 Å². The van der Waals surface area contributed by atoms with Crippen LogP contribution in [0.25, 0.3) is 0 Å². The molecule has 0 bridgehead atoms. The molecule has 0 fully saturated rings. The van der Waals surface area contributed by atoms with Gasteiger partial charge in [0, 0.05) is 11.0 Å². The fourth-order valence-corrected chi connectivity index (χ4v) is 2.47. The van der Waals surface area contributed by atoms with Crippen LogP contribution in [0.1, 0.15) is 49.9 Å². The van der Waals surface area contributed by atoms with Crippen LogP contribution in [0.2, 0.25) is 0 Å². The third-order valence-electron chi connectivity index (χ3n) is 3.50. The summed E-state index contributed by atoms with van der Waals surface area (Å²) in [5.74, 6) is 1.09. The molecule has 0 aliphatic carbocycles. The standard InChI is InChI=1S/C16H24BrNO2/c1-4-6-7-12(5-2)11-18-16(19)14-9-8-13(17)10-15(14)20-3/h8-10,12H,4-7,11H2,1-3H3,(H,18,19). The second kappa shape index (κ2) is 9.01. The zero-order valence-electron chi connectivity index (χ0n) is 12.5. The molecule has 0 aliphatic heterocycles. The summed E-state index contributed by atoms with van der Waals surface area (Å²) in [4.78, 5) is 12.2. The molecule has 3 nitrogen and oxygen atoms in total. The molecule has 0 saturated heterocycles. The lowest BCUT2D eigenvalue weighted by molar-refractivity contribution is 0.0943. The van der Waals surface area contributed by atoms with E-state index in [1.807, 2.05) is 12.1 Å². The Morgan fingerprint density at radius 2 is 2.15 bits per heavy atom. The van der Waals surface area contributed by atoms with Crippen molar-refractivity contribution in [3.63, 3.8) is 0 Å². The summed E-state index contributed by atoms with van der Waals surface area (Å²) in [6.45, 7) is 5.10. The topological polar surface area (TPSA) is 38.3 Å². The van der Waals surface area contributed by atoms with Crippen LogP contribution in [-0.2, 0) is 0 Å². The fraction of sp³-hybridized carbons (Fsp3) is 0.562. The Labute approximate surface area is 130 Å². The van der Waals surface area contributed by atoms with Gasteiger partial charge in [-0.25, -0.2) is 0 Å². The Bertz CT molecular complexity index is 434. The van der Waals surface area contributed by atoms with E-state index in [1.54, 1.807) is 13.2 Å². The average Bonchev–Trinajstić information content (AvgIpc) is 2.47. The van der Waals surface area contributed by atoms with Crippen molar-refractivity contribution >= 4 is 21.8 Å². The van der Waals surface area contributed by atoms with Gasteiger partial charge in [0.05, 0.1) is 12.7 Å². The predicted molar refractivity (Wildman–Crippen MR) is 86.3 cm³/mol. The van der Waals surface area contributed by atoms with Crippen LogP contribution in [0.4, 0.5) is 0 Å². The van der Waals surface area contributed by atoms with E-state index < -0.39 is 0 Å². The number of hydrogen-bond donors (Lipinski definition) is 1. The number of carbonyl (C=O) groups excluding carboxylic acids is 1. The second-order valence-electron chi connectivity index (χ2n) is 4.97. The normalized spacial score (nSPS) is 12.0. The third-order valence-corrected chi connectivity index (χ3v) is 4.00. The molecule has 1 N–H and O–H groups in total. The van der Waals surface area contributed by atoms with Gasteiger partial charge in [0.25, 0.3) is 5.91 Å². The average molecular weight is 342 g/mol. The minimum absolute atomic E-state index is 0.0655. The minimum Gasteiger partial charge on any atom is -0.496 e. The number of halogens is 1. The highest BCUT2D eigenvalue weighted by Gasteiger charge is 2.14. The molecule has 1 rings (SSSR count). The van der Waals surface area contributed by atoms with Crippen LogP contribution < -0.4 is 10.1 Å². The molecule has 0 aromatic heterocycles. The molecule has 0 heterocycles. The molecule has 0 radical (unpaired) electrons. The van der Waals surface area contributed by atoms with Crippen LogP contribution in [0.15, 0.2) is 22.7 Å². The van der Waals surface area contributed by atoms with Crippen LogP contribution in [0.3, 0.4) is 0 Å². The smallest absolute Gasteiger partial charge is 0.255 e. The summed E-state index contributed by atoms with van der Waals surface area (Å²) < 4.78 is 6.16. The summed E-state index contributed by atoms with van der Waals surface area (Å²) in [6.07, 6.45) is 4.68. The van der Waals surface area contributed by atoms with Gasteiger partial charge in [0.1, 0.15) is 5.75 Å². The first kappa shape index (κ1) is 17.0. The second-order valence-corrected chi connectivity index (χ2v) is 5.89. The molecular formula is C16H24BrNO2. The van der Waals surface area contributed by atoms with Gasteiger partial charge in [-0.1, -0.05) is 49.0 Å². The molecular weight excluding hydrogens is 318 g/mol. The Hall–Kier alpha value is -1.03. The van der Waals surface area contributed by atoms with Crippen molar-refractivity contribution in [3.8, 4) is 5.75 Å². The molecule has 1 unspecified atom stereocenters. The SMILES string of the molecule is CCCCC(CC)CNC(=O)c1ccc(Br)cc1OC. The molecule has 1 aromatic rings. The van der Waals surface area contributed by atoms with Gasteiger partial charge in [-0.15, -0.1) is 0 Å². The highest BCUT2D eigenvalue weighted by Crippen LogP contribution is 2.23. The maximum Gasteiger partial charge on any atom is 0.255 e. The van der Waals surface area contributed by atoms with Crippen molar-refractivity contribution in [3.05, 3.63) is 28.2 Å². The van der Waals surface area contributed by atoms with E-state index in [0.29, 0.717) is 17.2 Å². The first-order chi connectivity index (χ1) is 9.62. The van der Waals surface area contributed by atoms with Crippen molar-refractivity contribution < 1.29 is 9.53 Å². The maximum atomic E-state index is 12.2. The summed E-state index contributed by atoms with van der Waals surface area (Å²) in [5, 5.41) is 3.02. The van der Waals surface area contributed by atoms with Crippen LogP contribution in [0, 0.1) is 5.92 Å². The Morgan fingerprint density at radius 1 is 1.40 bits per heavy atom. The molecule has 1 amide bonds. The van der Waals surface area contributed by atoms with Gasteiger partial charge in [0.15, 0.2) is 0 Å². The Kier molecular flexibility index (Phi) is 7.67. The summed E-state index contributed by atoms with van der Waals surface area (Å²) in [7, 11) is 1.58. The zero-order valence-corrected chi connectivity index (χ0v) is 14.1. The third kappa shape index (κ3) is 5.16. The van der Waals surface area contributed by atoms with Crippen molar-refractivity contribution in [2.24, 2.45) is 5.92 Å². The molecule has 0 aliphatic rings. The van der Waals surface area contributed by atoms with E-state index in [2.05, 4.69) is 35.1 Å². The number of amides is 1. The number of carbonyl (C=O) groups is 1. The summed E-state index contributed by atoms with van der Waals surface area (Å²) in [5.41, 5.74) is 0.584. The number of hydrogen-bond acceptors (Lipinski definition) is 2. The van der Waals surface area contributed by atoms with Crippen LogP contribution in [0.5, 0.6) is 5.75 Å². The lowest BCUT2D eigenvalue weighted by atomic mass is 9.99. The van der Waals surface area contributed by atoms with Gasteiger partial charge < -0.3 is 10.1 Å². The zero-order chi connectivity index (χ0) is 15.0. The molecule has 0 spiro atoms. The van der Waals surface area contributed by atoms with E-state index in [0.717, 1.165) is 17.4 Å². The Morgan fingerprint density at radius 3 is 2.75 bits per heavy atom. The monoisotopic (exact) mass is 341 g/mol. The minimum atomic E-state index is -0.0655. The van der Waals surface area contributed by atoms with Crippen LogP contribution in [-0.4, -0.2) is 19.6 Å². The van der Waals surface area contributed by atoms with Crippen LogP contribution >= 0.6 is 15.9 Å². The van der Waals surface area contributed by atoms with E-state index in [1.165, 1.54) is 19.3 Å². The highest BCUT2D eigenvalue weighted by atomic mass is 79.9. The summed E-state index contributed by atoms with van der Waals surface area (Å²) in [6, 6.07) is 5.44. The first-order valence-corrected chi connectivity index (χ1v) is 8.03. The molecule has 20 heavy (non-hydrogen) atoms.